The topological polar surface area (TPSA) is 43.4 Å². The van der Waals surface area contributed by atoms with Crippen molar-refractivity contribution in [2.45, 2.75) is 5.92 Å². The van der Waals surface area contributed by atoms with E-state index in [1.807, 2.05) is 0 Å². The molecule has 1 aliphatic carbocycles. The van der Waals surface area contributed by atoms with Crippen molar-refractivity contribution in [2.24, 2.45) is 0 Å². The highest BCUT2D eigenvalue weighted by Gasteiger charge is 2.40. The fraction of sp³-hybridized carbons (Fsp3) is 0.125. The maximum atomic E-state index is 13.4. The van der Waals surface area contributed by atoms with E-state index in [-0.39, 0.29) is 17.1 Å². The molecule has 2 aromatic carbocycles. The van der Waals surface area contributed by atoms with Gasteiger partial charge >= 0.3 is 0 Å². The summed E-state index contributed by atoms with van der Waals surface area (Å²) < 4.78 is 18.6. The van der Waals surface area contributed by atoms with Crippen molar-refractivity contribution in [2.75, 3.05) is 7.11 Å². The van der Waals surface area contributed by atoms with E-state index < -0.39 is 11.7 Å². The molecule has 0 unspecified atom stereocenters. The van der Waals surface area contributed by atoms with Gasteiger partial charge < -0.3 is 4.74 Å². The number of carbonyl (C=O) groups is 2. The number of methoxy groups -OCH3 is 1. The summed E-state index contributed by atoms with van der Waals surface area (Å²) in [7, 11) is 1.42. The van der Waals surface area contributed by atoms with Crippen LogP contribution >= 0.6 is 0 Å². The van der Waals surface area contributed by atoms with Crippen molar-refractivity contribution in [1.82, 2.24) is 0 Å². The fourth-order valence-electron chi connectivity index (χ4n) is 2.56. The highest BCUT2D eigenvalue weighted by molar-refractivity contribution is 6.29. The van der Waals surface area contributed by atoms with Crippen molar-refractivity contribution in [3.8, 4) is 5.75 Å². The summed E-state index contributed by atoms with van der Waals surface area (Å²) in [5, 5.41) is 0. The zero-order valence-corrected chi connectivity index (χ0v) is 10.7. The largest absolute Gasteiger partial charge is 0.496 e. The molecule has 0 heterocycles. The predicted octanol–water partition coefficient (Wildman–Crippen LogP) is 3.00. The number of hydrogen-bond donors (Lipinski definition) is 0. The maximum absolute atomic E-state index is 13.4. The third-order valence-corrected chi connectivity index (χ3v) is 3.49. The average Bonchev–Trinajstić information content (AvgIpc) is 2.71. The van der Waals surface area contributed by atoms with Crippen LogP contribution in [0.15, 0.2) is 42.5 Å². The molecule has 0 spiro atoms. The van der Waals surface area contributed by atoms with Gasteiger partial charge in [0.05, 0.1) is 7.11 Å². The first-order valence-corrected chi connectivity index (χ1v) is 6.14. The Morgan fingerprint density at radius 2 is 1.60 bits per heavy atom. The summed E-state index contributed by atoms with van der Waals surface area (Å²) in [6.45, 7) is 0. The second kappa shape index (κ2) is 4.56. The van der Waals surface area contributed by atoms with Gasteiger partial charge in [0.25, 0.3) is 0 Å². The van der Waals surface area contributed by atoms with Gasteiger partial charge in [-0.3, -0.25) is 9.59 Å². The normalized spacial score (nSPS) is 14.5. The molecule has 20 heavy (non-hydrogen) atoms. The molecular weight excluding hydrogens is 259 g/mol. The van der Waals surface area contributed by atoms with E-state index in [9.17, 15) is 14.0 Å². The predicted molar refractivity (Wildman–Crippen MR) is 70.8 cm³/mol. The molecule has 3 nitrogen and oxygen atoms in total. The number of fused-ring (bicyclic) bond motifs is 1. The SMILES string of the molecule is COc1ccc(F)cc1C1C(=O)c2ccccc2C1=O. The van der Waals surface area contributed by atoms with Crippen LogP contribution in [0.3, 0.4) is 0 Å². The van der Waals surface area contributed by atoms with E-state index in [1.165, 1.54) is 25.3 Å². The van der Waals surface area contributed by atoms with Gasteiger partial charge in [0.2, 0.25) is 0 Å². The van der Waals surface area contributed by atoms with Gasteiger partial charge in [-0.05, 0) is 18.2 Å². The van der Waals surface area contributed by atoms with Gasteiger partial charge in [0.1, 0.15) is 17.5 Å². The molecule has 0 bridgehead atoms. The Morgan fingerprint density at radius 3 is 2.15 bits per heavy atom. The summed E-state index contributed by atoms with van der Waals surface area (Å²) >= 11 is 0. The lowest BCUT2D eigenvalue weighted by Crippen LogP contribution is -2.14. The number of ketones is 2. The lowest BCUT2D eigenvalue weighted by Gasteiger charge is -2.12. The Morgan fingerprint density at radius 1 is 1.00 bits per heavy atom. The zero-order chi connectivity index (χ0) is 14.3. The van der Waals surface area contributed by atoms with E-state index >= 15 is 0 Å². The van der Waals surface area contributed by atoms with Crippen LogP contribution in [0.1, 0.15) is 32.2 Å². The molecule has 100 valence electrons. The highest BCUT2D eigenvalue weighted by atomic mass is 19.1. The number of halogens is 1. The third-order valence-electron chi connectivity index (χ3n) is 3.49. The van der Waals surface area contributed by atoms with E-state index in [0.717, 1.165) is 0 Å². The number of Topliss-reactive ketones (excluding diaryl/α,β-unsaturated/α-hetero) is 2. The minimum Gasteiger partial charge on any atom is -0.496 e. The van der Waals surface area contributed by atoms with Gasteiger partial charge in [0.15, 0.2) is 11.6 Å². The molecule has 0 fully saturated rings. The monoisotopic (exact) mass is 270 g/mol. The number of carbonyl (C=O) groups excluding carboxylic acids is 2. The van der Waals surface area contributed by atoms with Crippen molar-refractivity contribution in [1.29, 1.82) is 0 Å². The fourth-order valence-corrected chi connectivity index (χ4v) is 2.56. The minimum absolute atomic E-state index is 0.277. The van der Waals surface area contributed by atoms with Crippen LogP contribution in [-0.2, 0) is 0 Å². The summed E-state index contributed by atoms with van der Waals surface area (Å²) in [6.07, 6.45) is 0. The van der Waals surface area contributed by atoms with Crippen molar-refractivity contribution >= 4 is 11.6 Å². The first-order chi connectivity index (χ1) is 9.63. The van der Waals surface area contributed by atoms with Crippen LogP contribution < -0.4 is 4.74 Å². The molecule has 0 N–H and O–H groups in total. The molecule has 0 aliphatic heterocycles. The van der Waals surface area contributed by atoms with Crippen LogP contribution in [0.5, 0.6) is 5.75 Å². The molecule has 1 aliphatic rings. The summed E-state index contributed by atoms with van der Waals surface area (Å²) in [5.41, 5.74) is 1.04. The molecule has 3 rings (SSSR count). The van der Waals surface area contributed by atoms with Crippen LogP contribution in [0.4, 0.5) is 4.39 Å². The van der Waals surface area contributed by atoms with E-state index in [4.69, 9.17) is 4.74 Å². The smallest absolute Gasteiger partial charge is 0.178 e. The molecule has 0 aromatic heterocycles. The second-order valence-corrected chi connectivity index (χ2v) is 4.59. The Balaban J connectivity index is 2.16. The maximum Gasteiger partial charge on any atom is 0.178 e. The van der Waals surface area contributed by atoms with Crippen molar-refractivity contribution < 1.29 is 18.7 Å². The molecule has 4 heteroatoms. The van der Waals surface area contributed by atoms with Gasteiger partial charge in [0, 0.05) is 16.7 Å². The number of benzene rings is 2. The molecule has 2 aromatic rings. The Labute approximate surface area is 115 Å². The molecule has 0 atom stereocenters. The van der Waals surface area contributed by atoms with Crippen LogP contribution in [-0.4, -0.2) is 18.7 Å². The summed E-state index contributed by atoms with van der Waals surface area (Å²) in [4.78, 5) is 24.8. The van der Waals surface area contributed by atoms with Crippen LogP contribution in [0, 0.1) is 5.82 Å². The van der Waals surface area contributed by atoms with Crippen LogP contribution in [0.25, 0.3) is 0 Å². The zero-order valence-electron chi connectivity index (χ0n) is 10.7. The number of hydrogen-bond acceptors (Lipinski definition) is 3. The minimum atomic E-state index is -1.02. The van der Waals surface area contributed by atoms with E-state index in [0.29, 0.717) is 16.9 Å². The molecule has 0 saturated carbocycles. The third kappa shape index (κ3) is 1.72. The van der Waals surface area contributed by atoms with Gasteiger partial charge in [-0.25, -0.2) is 4.39 Å². The lowest BCUT2D eigenvalue weighted by atomic mass is 9.93. The molecule has 0 amide bonds. The molecular formula is C16H11FO3. The Kier molecular flexibility index (Phi) is 2.86. The Hall–Kier alpha value is -2.49. The van der Waals surface area contributed by atoms with Gasteiger partial charge in [-0.15, -0.1) is 0 Å². The van der Waals surface area contributed by atoms with Gasteiger partial charge in [-0.1, -0.05) is 24.3 Å². The van der Waals surface area contributed by atoms with Crippen molar-refractivity contribution in [3.05, 3.63) is 65.0 Å². The summed E-state index contributed by atoms with van der Waals surface area (Å²) in [6, 6.07) is 10.5. The lowest BCUT2D eigenvalue weighted by molar-refractivity contribution is 0.0888. The second-order valence-electron chi connectivity index (χ2n) is 4.59. The Bertz CT molecular complexity index is 686. The van der Waals surface area contributed by atoms with Crippen LogP contribution in [0.2, 0.25) is 0 Å². The quantitative estimate of drug-likeness (QED) is 0.788. The molecule has 0 radical (unpaired) electrons. The van der Waals surface area contributed by atoms with E-state index in [2.05, 4.69) is 0 Å². The first kappa shape index (κ1) is 12.5. The number of rotatable bonds is 2. The standard InChI is InChI=1S/C16H11FO3/c1-20-13-7-6-9(17)8-12(13)14-15(18)10-4-2-3-5-11(10)16(14)19/h2-8,14H,1H3. The summed E-state index contributed by atoms with van der Waals surface area (Å²) in [5.74, 6) is -1.80. The van der Waals surface area contributed by atoms with E-state index in [1.54, 1.807) is 24.3 Å². The number of ether oxygens (including phenoxy) is 1. The van der Waals surface area contributed by atoms with Gasteiger partial charge in [-0.2, -0.15) is 0 Å². The average molecular weight is 270 g/mol. The first-order valence-electron chi connectivity index (χ1n) is 6.14. The van der Waals surface area contributed by atoms with Crippen molar-refractivity contribution in [3.63, 3.8) is 0 Å². The highest BCUT2D eigenvalue weighted by Crippen LogP contribution is 2.38. The molecule has 0 saturated heterocycles.